The summed E-state index contributed by atoms with van der Waals surface area (Å²) in [5.41, 5.74) is -0.431. The average molecular weight is 260 g/mol. The highest BCUT2D eigenvalue weighted by Gasteiger charge is 2.25. The van der Waals surface area contributed by atoms with Gasteiger partial charge in [0.1, 0.15) is 11.5 Å². The first-order chi connectivity index (χ1) is 8.50. The summed E-state index contributed by atoms with van der Waals surface area (Å²) < 4.78 is 40.1. The molecule has 1 N–H and O–H groups in total. The van der Waals surface area contributed by atoms with Crippen LogP contribution in [0.2, 0.25) is 0 Å². The van der Waals surface area contributed by atoms with Crippen LogP contribution in [0.5, 0.6) is 0 Å². The van der Waals surface area contributed by atoms with Gasteiger partial charge in [0.15, 0.2) is 11.6 Å². The number of piperazine rings is 1. The van der Waals surface area contributed by atoms with Crippen LogP contribution in [0, 0.1) is 17.5 Å². The van der Waals surface area contributed by atoms with Crippen molar-refractivity contribution in [2.75, 3.05) is 31.1 Å². The molecule has 1 saturated heterocycles. The third kappa shape index (κ3) is 2.20. The highest BCUT2D eigenvalue weighted by Crippen LogP contribution is 2.26. The Morgan fingerprint density at radius 2 is 1.61 bits per heavy atom. The average Bonchev–Trinajstić information content (AvgIpc) is 2.35. The van der Waals surface area contributed by atoms with Gasteiger partial charge < -0.3 is 14.9 Å². The summed E-state index contributed by atoms with van der Waals surface area (Å²) >= 11 is 0. The van der Waals surface area contributed by atoms with E-state index in [9.17, 15) is 18.0 Å². The van der Waals surface area contributed by atoms with Gasteiger partial charge in [-0.1, -0.05) is 0 Å². The standard InChI is InChI=1S/C11H11F3N2O2/c12-7-1-2-8(13)10(9(7)14)15-3-5-16(6-4-15)11(17)18/h1-2H,3-6H2,(H,17,18). The van der Waals surface area contributed by atoms with Crippen molar-refractivity contribution < 1.29 is 23.1 Å². The van der Waals surface area contributed by atoms with Crippen molar-refractivity contribution in [1.82, 2.24) is 4.90 Å². The molecule has 0 atom stereocenters. The van der Waals surface area contributed by atoms with E-state index in [1.807, 2.05) is 0 Å². The molecule has 0 saturated carbocycles. The number of halogens is 3. The maximum atomic E-state index is 13.5. The van der Waals surface area contributed by atoms with E-state index in [2.05, 4.69) is 0 Å². The maximum absolute atomic E-state index is 13.5. The van der Waals surface area contributed by atoms with E-state index in [1.165, 1.54) is 4.90 Å². The van der Waals surface area contributed by atoms with Crippen LogP contribution in [0.3, 0.4) is 0 Å². The molecule has 0 unspecified atom stereocenters. The Morgan fingerprint density at radius 1 is 1.06 bits per heavy atom. The Kier molecular flexibility index (Phi) is 3.31. The lowest BCUT2D eigenvalue weighted by Crippen LogP contribution is -2.48. The fourth-order valence-electron chi connectivity index (χ4n) is 1.93. The van der Waals surface area contributed by atoms with Gasteiger partial charge in [-0.15, -0.1) is 0 Å². The highest BCUT2D eigenvalue weighted by atomic mass is 19.2. The van der Waals surface area contributed by atoms with E-state index in [0.717, 1.165) is 17.0 Å². The van der Waals surface area contributed by atoms with Gasteiger partial charge in [-0.25, -0.2) is 18.0 Å². The van der Waals surface area contributed by atoms with Gasteiger partial charge in [-0.05, 0) is 12.1 Å². The molecule has 1 aromatic rings. The minimum atomic E-state index is -1.24. The van der Waals surface area contributed by atoms with Gasteiger partial charge >= 0.3 is 6.09 Å². The first kappa shape index (κ1) is 12.5. The maximum Gasteiger partial charge on any atom is 0.407 e. The Balaban J connectivity index is 2.20. The molecule has 1 amide bonds. The van der Waals surface area contributed by atoms with Crippen LogP contribution in [0.1, 0.15) is 0 Å². The fourth-order valence-corrected chi connectivity index (χ4v) is 1.93. The van der Waals surface area contributed by atoms with E-state index < -0.39 is 29.2 Å². The molecule has 98 valence electrons. The lowest BCUT2D eigenvalue weighted by molar-refractivity contribution is 0.142. The van der Waals surface area contributed by atoms with Crippen LogP contribution in [-0.4, -0.2) is 42.3 Å². The summed E-state index contributed by atoms with van der Waals surface area (Å²) in [7, 11) is 0. The van der Waals surface area contributed by atoms with Crippen LogP contribution in [0.15, 0.2) is 12.1 Å². The van der Waals surface area contributed by atoms with Crippen LogP contribution in [0.25, 0.3) is 0 Å². The van der Waals surface area contributed by atoms with Gasteiger partial charge in [0.05, 0.1) is 0 Å². The quantitative estimate of drug-likeness (QED) is 0.784. The molecular weight excluding hydrogens is 249 g/mol. The molecular formula is C11H11F3N2O2. The number of carbonyl (C=O) groups is 1. The van der Waals surface area contributed by atoms with Crippen molar-refractivity contribution in [2.24, 2.45) is 0 Å². The minimum Gasteiger partial charge on any atom is -0.465 e. The zero-order chi connectivity index (χ0) is 13.3. The Labute approximate surface area is 101 Å². The van der Waals surface area contributed by atoms with Crippen LogP contribution in [-0.2, 0) is 0 Å². The number of hydrogen-bond acceptors (Lipinski definition) is 2. The second-order valence-corrected chi connectivity index (χ2v) is 3.95. The van der Waals surface area contributed by atoms with Gasteiger partial charge in [-0.3, -0.25) is 0 Å². The molecule has 0 spiro atoms. The third-order valence-corrected chi connectivity index (χ3v) is 2.89. The van der Waals surface area contributed by atoms with Crippen LogP contribution >= 0.6 is 0 Å². The molecule has 1 heterocycles. The zero-order valence-electron chi connectivity index (χ0n) is 9.37. The van der Waals surface area contributed by atoms with Crippen LogP contribution in [0.4, 0.5) is 23.7 Å². The summed E-state index contributed by atoms with van der Waals surface area (Å²) in [6.07, 6.45) is -1.07. The lowest BCUT2D eigenvalue weighted by atomic mass is 10.2. The summed E-state index contributed by atoms with van der Waals surface area (Å²) in [4.78, 5) is 13.1. The molecule has 1 aliphatic rings. The number of benzene rings is 1. The van der Waals surface area contributed by atoms with Gasteiger partial charge in [-0.2, -0.15) is 0 Å². The van der Waals surface area contributed by atoms with Crippen molar-refractivity contribution in [2.45, 2.75) is 0 Å². The van der Waals surface area contributed by atoms with Crippen molar-refractivity contribution in [3.8, 4) is 0 Å². The van der Waals surface area contributed by atoms with E-state index in [0.29, 0.717) is 0 Å². The molecule has 0 aromatic heterocycles. The van der Waals surface area contributed by atoms with Crippen molar-refractivity contribution in [1.29, 1.82) is 0 Å². The number of anilines is 1. The molecule has 7 heteroatoms. The lowest BCUT2D eigenvalue weighted by Gasteiger charge is -2.34. The number of nitrogens with zero attached hydrogens (tertiary/aromatic N) is 2. The van der Waals surface area contributed by atoms with Gasteiger partial charge in [0.2, 0.25) is 0 Å². The van der Waals surface area contributed by atoms with Crippen molar-refractivity contribution >= 4 is 11.8 Å². The minimum absolute atomic E-state index is 0.129. The predicted octanol–water partition coefficient (Wildman–Crippen LogP) is 1.90. The van der Waals surface area contributed by atoms with E-state index in [4.69, 9.17) is 5.11 Å². The molecule has 0 radical (unpaired) electrons. The Hall–Kier alpha value is -1.92. The van der Waals surface area contributed by atoms with E-state index in [1.54, 1.807) is 0 Å². The topological polar surface area (TPSA) is 43.8 Å². The normalized spacial score (nSPS) is 15.9. The second kappa shape index (κ2) is 4.75. The smallest absolute Gasteiger partial charge is 0.407 e. The molecule has 1 fully saturated rings. The van der Waals surface area contributed by atoms with Crippen LogP contribution < -0.4 is 4.90 Å². The Morgan fingerprint density at radius 3 is 2.17 bits per heavy atom. The van der Waals surface area contributed by atoms with Crippen molar-refractivity contribution in [3.05, 3.63) is 29.6 Å². The molecule has 4 nitrogen and oxygen atoms in total. The van der Waals surface area contributed by atoms with Gasteiger partial charge in [0, 0.05) is 26.2 Å². The first-order valence-electron chi connectivity index (χ1n) is 5.37. The molecule has 0 bridgehead atoms. The summed E-state index contributed by atoms with van der Waals surface area (Å²) in [5, 5.41) is 8.75. The summed E-state index contributed by atoms with van der Waals surface area (Å²) in [5.74, 6) is -3.21. The van der Waals surface area contributed by atoms with Crippen molar-refractivity contribution in [3.63, 3.8) is 0 Å². The zero-order valence-corrected chi connectivity index (χ0v) is 9.37. The second-order valence-electron chi connectivity index (χ2n) is 3.95. The van der Waals surface area contributed by atoms with E-state index >= 15 is 0 Å². The third-order valence-electron chi connectivity index (χ3n) is 2.89. The number of carboxylic acid groups (broad SMARTS) is 1. The Bertz CT molecular complexity index is 474. The first-order valence-corrected chi connectivity index (χ1v) is 5.37. The molecule has 0 aliphatic carbocycles. The summed E-state index contributed by atoms with van der Waals surface area (Å²) in [6, 6.07) is 1.58. The fraction of sp³-hybridized carbons (Fsp3) is 0.364. The molecule has 2 rings (SSSR count). The van der Waals surface area contributed by atoms with E-state index in [-0.39, 0.29) is 26.2 Å². The van der Waals surface area contributed by atoms with Gasteiger partial charge in [0.25, 0.3) is 0 Å². The molecule has 18 heavy (non-hydrogen) atoms. The highest BCUT2D eigenvalue weighted by molar-refractivity contribution is 5.65. The monoisotopic (exact) mass is 260 g/mol. The number of rotatable bonds is 1. The number of amides is 1. The largest absolute Gasteiger partial charge is 0.465 e. The summed E-state index contributed by atoms with van der Waals surface area (Å²) in [6.45, 7) is 0.517. The predicted molar refractivity (Wildman–Crippen MR) is 58.1 cm³/mol. The SMILES string of the molecule is O=C(O)N1CCN(c2c(F)ccc(F)c2F)CC1. The molecule has 1 aliphatic heterocycles. The molecule has 1 aromatic carbocycles. The number of hydrogen-bond donors (Lipinski definition) is 1.